The molecule has 0 bridgehead atoms. The Labute approximate surface area is 157 Å². The number of aliphatic hydroxyl groups excluding tert-OH is 2. The van der Waals surface area contributed by atoms with E-state index >= 15 is 0 Å². The predicted octanol–water partition coefficient (Wildman–Crippen LogP) is 0.681. The van der Waals surface area contributed by atoms with Crippen LogP contribution in [0, 0.1) is 12.8 Å². The molecule has 1 fully saturated rings. The lowest BCUT2D eigenvalue weighted by Crippen LogP contribution is -2.36. The highest BCUT2D eigenvalue weighted by Crippen LogP contribution is 2.42. The van der Waals surface area contributed by atoms with Crippen molar-refractivity contribution in [2.45, 2.75) is 43.5 Å². The SMILES string of the molecule is C=P(C)(C)CC(C)[C@H]1O[C@@H](n2c(S)nc3c(=O)[nH]c(C)nc32)[C@H](O)[C@@H]1O. The summed E-state index contributed by atoms with van der Waals surface area (Å²) in [6.07, 6.45) is 1.31. The maximum atomic E-state index is 12.1. The van der Waals surface area contributed by atoms with Gasteiger partial charge in [0.2, 0.25) is 0 Å². The third-order valence-corrected chi connectivity index (χ3v) is 6.40. The van der Waals surface area contributed by atoms with Gasteiger partial charge in [-0.2, -0.15) is 0 Å². The lowest BCUT2D eigenvalue weighted by Gasteiger charge is -2.26. The zero-order valence-corrected chi connectivity index (χ0v) is 17.0. The third kappa shape index (κ3) is 3.51. The van der Waals surface area contributed by atoms with E-state index in [2.05, 4.69) is 47.2 Å². The normalized spacial score (nSPS) is 28.0. The van der Waals surface area contributed by atoms with E-state index < -0.39 is 31.4 Å². The monoisotopic (exact) mass is 400 g/mol. The number of aromatic nitrogens is 4. The van der Waals surface area contributed by atoms with Crippen molar-refractivity contribution in [2.24, 2.45) is 5.92 Å². The maximum absolute atomic E-state index is 12.1. The molecule has 0 aliphatic carbocycles. The van der Waals surface area contributed by atoms with Crippen LogP contribution in [-0.4, -0.2) is 73.8 Å². The van der Waals surface area contributed by atoms with Gasteiger partial charge < -0.3 is 19.9 Å². The van der Waals surface area contributed by atoms with Crippen LogP contribution in [0.15, 0.2) is 9.95 Å². The molecular weight excluding hydrogens is 375 g/mol. The molecule has 1 aliphatic rings. The van der Waals surface area contributed by atoms with Crippen molar-refractivity contribution in [2.75, 3.05) is 19.5 Å². The van der Waals surface area contributed by atoms with E-state index in [0.29, 0.717) is 5.82 Å². The quantitative estimate of drug-likeness (QED) is 0.444. The second-order valence-electron chi connectivity index (χ2n) is 7.67. The van der Waals surface area contributed by atoms with E-state index in [1.54, 1.807) is 6.92 Å². The van der Waals surface area contributed by atoms with Gasteiger partial charge in [-0.05, 0) is 32.3 Å². The summed E-state index contributed by atoms with van der Waals surface area (Å²) < 4.78 is 7.48. The molecule has 1 unspecified atom stereocenters. The number of aryl methyl sites for hydroxylation is 1. The van der Waals surface area contributed by atoms with Crippen molar-refractivity contribution in [3.05, 3.63) is 16.2 Å². The first-order valence-corrected chi connectivity index (χ1v) is 11.9. The molecule has 10 heteroatoms. The number of H-pyrrole nitrogens is 1. The van der Waals surface area contributed by atoms with Gasteiger partial charge in [-0.15, -0.1) is 25.8 Å². The molecule has 0 aromatic carbocycles. The van der Waals surface area contributed by atoms with Crippen molar-refractivity contribution in [1.29, 1.82) is 0 Å². The molecule has 0 saturated carbocycles. The summed E-state index contributed by atoms with van der Waals surface area (Å²) in [7, 11) is 0. The first-order chi connectivity index (χ1) is 12.0. The van der Waals surface area contributed by atoms with Gasteiger partial charge in [0.05, 0.1) is 6.10 Å². The number of aromatic amines is 1. The Morgan fingerprint density at radius 1 is 1.38 bits per heavy atom. The highest BCUT2D eigenvalue weighted by atomic mass is 32.1. The molecule has 3 rings (SSSR count). The number of nitrogens with zero attached hydrogens (tertiary/aromatic N) is 3. The molecule has 2 aromatic rings. The van der Waals surface area contributed by atoms with Crippen LogP contribution in [0.4, 0.5) is 0 Å². The predicted molar refractivity (Wildman–Crippen MR) is 106 cm³/mol. The number of ether oxygens (including phenoxy) is 1. The summed E-state index contributed by atoms with van der Waals surface area (Å²) in [4.78, 5) is 23.1. The fourth-order valence-corrected chi connectivity index (χ4v) is 5.64. The number of fused-ring (bicyclic) bond motifs is 1. The number of imidazole rings is 1. The van der Waals surface area contributed by atoms with E-state index in [4.69, 9.17) is 4.74 Å². The molecule has 0 radical (unpaired) electrons. The second kappa shape index (κ2) is 6.80. The lowest BCUT2D eigenvalue weighted by molar-refractivity contribution is -0.0526. The van der Waals surface area contributed by atoms with Crippen LogP contribution in [-0.2, 0) is 4.74 Å². The standard InChI is InChI=1S/C16H25N4O4PS/c1-7(6-25(3,4)5)12-10(21)11(22)15(24-12)20-13-9(19-16(20)26)14(23)18-8(2)17-13/h7,10-12,15,21-22H,3,6H2,1-2,4-5H3,(H,19,26)(H,17,18,23)/t7?,10-,11+,12+,15+/m0/s1. The van der Waals surface area contributed by atoms with Crippen molar-refractivity contribution < 1.29 is 14.9 Å². The van der Waals surface area contributed by atoms with Crippen molar-refractivity contribution in [1.82, 2.24) is 19.5 Å². The molecule has 144 valence electrons. The Bertz CT molecular complexity index is 936. The number of hydrogen-bond donors (Lipinski definition) is 4. The number of aliphatic hydroxyl groups is 2. The van der Waals surface area contributed by atoms with Crippen molar-refractivity contribution in [3.8, 4) is 0 Å². The summed E-state index contributed by atoms with van der Waals surface area (Å²) in [5.41, 5.74) is 0.00103. The topological polar surface area (TPSA) is 113 Å². The second-order valence-corrected chi connectivity index (χ2v) is 12.3. The molecule has 0 amide bonds. The van der Waals surface area contributed by atoms with Crippen molar-refractivity contribution in [3.63, 3.8) is 0 Å². The Hall–Kier alpha value is -1.12. The fourth-order valence-electron chi connectivity index (χ4n) is 3.57. The number of nitrogens with one attached hydrogen (secondary N) is 1. The highest BCUT2D eigenvalue weighted by Gasteiger charge is 2.47. The fraction of sp³-hybridized carbons (Fsp3) is 0.625. The molecule has 3 N–H and O–H groups in total. The number of thiol groups is 1. The van der Waals surface area contributed by atoms with Gasteiger partial charge in [-0.1, -0.05) is 6.92 Å². The molecule has 8 nitrogen and oxygen atoms in total. The van der Waals surface area contributed by atoms with E-state index in [-0.39, 0.29) is 27.8 Å². The summed E-state index contributed by atoms with van der Waals surface area (Å²) in [5.74, 6) is 0.431. The first kappa shape index (κ1) is 19.6. The van der Waals surface area contributed by atoms with Crippen LogP contribution in [0.2, 0.25) is 0 Å². The van der Waals surface area contributed by atoms with Gasteiger partial charge in [-0.3, -0.25) is 9.36 Å². The zero-order valence-electron chi connectivity index (χ0n) is 15.2. The third-order valence-electron chi connectivity index (χ3n) is 4.52. The highest BCUT2D eigenvalue weighted by molar-refractivity contribution is 7.80. The minimum absolute atomic E-state index is 0.0155. The van der Waals surface area contributed by atoms with E-state index in [1.165, 1.54) is 4.57 Å². The Kier molecular flexibility index (Phi) is 5.13. The number of rotatable bonds is 4. The lowest BCUT2D eigenvalue weighted by atomic mass is 10.0. The van der Waals surface area contributed by atoms with Gasteiger partial charge in [0, 0.05) is 0 Å². The Morgan fingerprint density at radius 3 is 2.65 bits per heavy atom. The van der Waals surface area contributed by atoms with Gasteiger partial charge in [0.15, 0.2) is 22.5 Å². The summed E-state index contributed by atoms with van der Waals surface area (Å²) in [5, 5.41) is 21.3. The molecule has 3 heterocycles. The minimum Gasteiger partial charge on any atom is -0.388 e. The largest absolute Gasteiger partial charge is 0.388 e. The van der Waals surface area contributed by atoms with Gasteiger partial charge in [0.25, 0.3) is 5.56 Å². The Morgan fingerprint density at radius 2 is 2.04 bits per heavy atom. The molecule has 1 aliphatic heterocycles. The summed E-state index contributed by atoms with van der Waals surface area (Å²) >= 11 is 4.32. The molecule has 1 saturated heterocycles. The zero-order chi connectivity index (χ0) is 19.4. The van der Waals surface area contributed by atoms with Crippen LogP contribution in [0.5, 0.6) is 0 Å². The summed E-state index contributed by atoms with van der Waals surface area (Å²) in [6, 6.07) is 0. The van der Waals surface area contributed by atoms with Crippen LogP contribution < -0.4 is 5.56 Å². The van der Waals surface area contributed by atoms with Crippen LogP contribution in [0.25, 0.3) is 11.2 Å². The van der Waals surface area contributed by atoms with Gasteiger partial charge in [-0.25, -0.2) is 9.97 Å². The molecule has 2 aromatic heterocycles. The maximum Gasteiger partial charge on any atom is 0.279 e. The van der Waals surface area contributed by atoms with Crippen LogP contribution in [0.3, 0.4) is 0 Å². The summed E-state index contributed by atoms with van der Waals surface area (Å²) in [6.45, 7) is 6.55. The van der Waals surface area contributed by atoms with Crippen LogP contribution in [0.1, 0.15) is 19.0 Å². The van der Waals surface area contributed by atoms with Gasteiger partial charge >= 0.3 is 0 Å². The van der Waals surface area contributed by atoms with E-state index in [1.807, 2.05) is 6.92 Å². The smallest absolute Gasteiger partial charge is 0.279 e. The average molecular weight is 400 g/mol. The van der Waals surface area contributed by atoms with Crippen molar-refractivity contribution >= 4 is 37.0 Å². The number of hydrogen-bond acceptors (Lipinski definition) is 7. The average Bonchev–Trinajstić information content (AvgIpc) is 2.96. The van der Waals surface area contributed by atoms with Crippen LogP contribution >= 0.6 is 19.5 Å². The first-order valence-electron chi connectivity index (χ1n) is 8.36. The molecular formula is C16H25N4O4PS. The minimum atomic E-state index is -1.33. The molecule has 0 spiro atoms. The Balaban J connectivity index is 2.00. The molecule has 5 atom stereocenters. The van der Waals surface area contributed by atoms with Gasteiger partial charge in [0.1, 0.15) is 18.0 Å². The molecule has 26 heavy (non-hydrogen) atoms. The van der Waals surface area contributed by atoms with E-state index in [9.17, 15) is 15.0 Å². The van der Waals surface area contributed by atoms with E-state index in [0.717, 1.165) is 6.16 Å².